The van der Waals surface area contributed by atoms with Gasteiger partial charge in [0.2, 0.25) is 0 Å². The molecule has 0 amide bonds. The maximum atomic E-state index is 10.9. The fourth-order valence-electron chi connectivity index (χ4n) is 2.09. The van der Waals surface area contributed by atoms with Crippen LogP contribution >= 0.6 is 11.6 Å². The minimum Gasteiger partial charge on any atom is -0.478 e. The van der Waals surface area contributed by atoms with Gasteiger partial charge in [-0.1, -0.05) is 29.8 Å². The molecule has 1 aromatic carbocycles. The highest BCUT2D eigenvalue weighted by atomic mass is 35.5. The molecule has 0 fully saturated rings. The number of hydrogen-bond acceptors (Lipinski definition) is 2. The van der Waals surface area contributed by atoms with Crippen LogP contribution in [-0.4, -0.2) is 20.5 Å². The van der Waals surface area contributed by atoms with Crippen LogP contribution in [0.1, 0.15) is 21.6 Å². The Kier molecular flexibility index (Phi) is 3.16. The molecule has 1 N–H and O–H groups in total. The van der Waals surface area contributed by atoms with E-state index in [1.54, 1.807) is 22.7 Å². The maximum Gasteiger partial charge on any atom is 0.335 e. The van der Waals surface area contributed by atoms with E-state index >= 15 is 0 Å². The monoisotopic (exact) mass is 286 g/mol. The van der Waals surface area contributed by atoms with Gasteiger partial charge in [-0.05, 0) is 23.8 Å². The first-order valence-corrected chi connectivity index (χ1v) is 6.45. The van der Waals surface area contributed by atoms with Gasteiger partial charge in [0.1, 0.15) is 5.65 Å². The predicted molar refractivity (Wildman–Crippen MR) is 76.4 cm³/mol. The summed E-state index contributed by atoms with van der Waals surface area (Å²) in [5, 5.41) is 9.67. The van der Waals surface area contributed by atoms with Gasteiger partial charge in [-0.3, -0.25) is 0 Å². The van der Waals surface area contributed by atoms with E-state index in [-0.39, 0.29) is 5.56 Å². The van der Waals surface area contributed by atoms with Crippen LogP contribution in [0.3, 0.4) is 0 Å². The van der Waals surface area contributed by atoms with Gasteiger partial charge in [0, 0.05) is 23.8 Å². The maximum absolute atomic E-state index is 10.9. The number of imidazole rings is 1. The van der Waals surface area contributed by atoms with Gasteiger partial charge in [-0.2, -0.15) is 0 Å². The topological polar surface area (TPSA) is 54.6 Å². The Balaban J connectivity index is 1.97. The average Bonchev–Trinajstić information content (AvgIpc) is 2.82. The predicted octanol–water partition coefficient (Wildman–Crippen LogP) is 3.28. The molecule has 0 radical (unpaired) electrons. The number of halogens is 1. The van der Waals surface area contributed by atoms with E-state index in [4.69, 9.17) is 16.7 Å². The quantitative estimate of drug-likeness (QED) is 0.804. The Bertz CT molecular complexity index is 795. The van der Waals surface area contributed by atoms with E-state index < -0.39 is 5.97 Å². The van der Waals surface area contributed by atoms with Gasteiger partial charge < -0.3 is 9.51 Å². The fourth-order valence-corrected chi connectivity index (χ4v) is 2.29. The first-order valence-electron chi connectivity index (χ1n) is 6.08. The Morgan fingerprint density at radius 3 is 2.85 bits per heavy atom. The number of carboxylic acid groups (broad SMARTS) is 1. The zero-order valence-electron chi connectivity index (χ0n) is 10.5. The highest BCUT2D eigenvalue weighted by Gasteiger charge is 2.08. The van der Waals surface area contributed by atoms with Crippen molar-refractivity contribution in [2.75, 3.05) is 0 Å². The number of hydrogen-bond donors (Lipinski definition) is 1. The lowest BCUT2D eigenvalue weighted by Crippen LogP contribution is -1.97. The minimum absolute atomic E-state index is 0.229. The fraction of sp³-hybridized carbons (Fsp3) is 0.0667. The van der Waals surface area contributed by atoms with Crippen LogP contribution in [0, 0.1) is 0 Å². The van der Waals surface area contributed by atoms with Crippen molar-refractivity contribution in [1.82, 2.24) is 9.38 Å². The van der Waals surface area contributed by atoms with Crippen LogP contribution in [0.4, 0.5) is 0 Å². The minimum atomic E-state index is -0.955. The number of nitrogens with zero attached hydrogens (tertiary/aromatic N) is 2. The van der Waals surface area contributed by atoms with Crippen molar-refractivity contribution in [3.05, 3.63) is 70.6 Å². The molecule has 3 aromatic rings. The third kappa shape index (κ3) is 2.38. The molecule has 0 aliphatic rings. The lowest BCUT2D eigenvalue weighted by Gasteiger charge is -2.00. The summed E-state index contributed by atoms with van der Waals surface area (Å²) in [6.07, 6.45) is 4.19. The van der Waals surface area contributed by atoms with Crippen molar-refractivity contribution in [3.8, 4) is 0 Å². The molecule has 3 rings (SSSR count). The molecule has 0 saturated carbocycles. The molecule has 2 heterocycles. The van der Waals surface area contributed by atoms with Gasteiger partial charge in [-0.15, -0.1) is 0 Å². The zero-order valence-corrected chi connectivity index (χ0v) is 11.2. The molecule has 0 saturated heterocycles. The molecule has 0 bridgehead atoms. The van der Waals surface area contributed by atoms with Crippen molar-refractivity contribution in [2.45, 2.75) is 6.42 Å². The highest BCUT2D eigenvalue weighted by molar-refractivity contribution is 6.31. The highest BCUT2D eigenvalue weighted by Crippen LogP contribution is 2.19. The smallest absolute Gasteiger partial charge is 0.335 e. The van der Waals surface area contributed by atoms with Gasteiger partial charge >= 0.3 is 5.97 Å². The molecule has 100 valence electrons. The van der Waals surface area contributed by atoms with E-state index in [0.29, 0.717) is 17.1 Å². The van der Waals surface area contributed by atoms with E-state index in [1.807, 2.05) is 30.5 Å². The molecule has 0 atom stereocenters. The van der Waals surface area contributed by atoms with Gasteiger partial charge in [0.25, 0.3) is 0 Å². The average molecular weight is 287 g/mol. The second kappa shape index (κ2) is 4.98. The van der Waals surface area contributed by atoms with Crippen LogP contribution in [0.25, 0.3) is 5.65 Å². The van der Waals surface area contributed by atoms with Crippen molar-refractivity contribution >= 4 is 23.2 Å². The van der Waals surface area contributed by atoms with Gasteiger partial charge in [0.15, 0.2) is 0 Å². The summed E-state index contributed by atoms with van der Waals surface area (Å²) in [5.74, 6) is -0.955. The largest absolute Gasteiger partial charge is 0.478 e. The number of carboxylic acids is 1. The number of aromatic carboxylic acids is 1. The molecule has 2 aromatic heterocycles. The summed E-state index contributed by atoms with van der Waals surface area (Å²) in [5.41, 5.74) is 2.69. The molecular weight excluding hydrogens is 276 g/mol. The van der Waals surface area contributed by atoms with Crippen LogP contribution in [0.15, 0.2) is 48.8 Å². The van der Waals surface area contributed by atoms with Crippen molar-refractivity contribution in [1.29, 1.82) is 0 Å². The van der Waals surface area contributed by atoms with E-state index in [1.165, 1.54) is 0 Å². The second-order valence-corrected chi connectivity index (χ2v) is 4.89. The van der Waals surface area contributed by atoms with Crippen molar-refractivity contribution < 1.29 is 9.90 Å². The molecular formula is C15H11ClN2O2. The Labute approximate surface area is 120 Å². The summed E-state index contributed by atoms with van der Waals surface area (Å²) < 4.78 is 1.80. The number of aromatic nitrogens is 2. The van der Waals surface area contributed by atoms with Crippen LogP contribution in [0.2, 0.25) is 5.02 Å². The van der Waals surface area contributed by atoms with Gasteiger partial charge in [-0.25, -0.2) is 9.78 Å². The van der Waals surface area contributed by atoms with Crippen molar-refractivity contribution in [3.63, 3.8) is 0 Å². The lowest BCUT2D eigenvalue weighted by molar-refractivity contribution is 0.0697. The number of benzene rings is 1. The van der Waals surface area contributed by atoms with Crippen molar-refractivity contribution in [2.24, 2.45) is 0 Å². The second-order valence-electron chi connectivity index (χ2n) is 4.49. The van der Waals surface area contributed by atoms with E-state index in [9.17, 15) is 4.79 Å². The standard InChI is InChI=1S/C15H11ClN2O2/c16-13-4-2-1-3-10(13)7-12-9-18-6-5-11(15(19)20)8-14(18)17-12/h1-6,8-9H,7H2,(H,19,20). The SMILES string of the molecule is O=C(O)c1ccn2cc(Cc3ccccc3Cl)nc2c1. The Hall–Kier alpha value is -2.33. The molecule has 0 spiro atoms. The number of fused-ring (bicyclic) bond motifs is 1. The van der Waals surface area contributed by atoms with Crippen LogP contribution < -0.4 is 0 Å². The molecule has 0 aliphatic carbocycles. The summed E-state index contributed by atoms with van der Waals surface area (Å²) in [6.45, 7) is 0. The van der Waals surface area contributed by atoms with Crippen LogP contribution in [-0.2, 0) is 6.42 Å². The number of pyridine rings is 1. The zero-order chi connectivity index (χ0) is 14.1. The molecule has 0 aliphatic heterocycles. The summed E-state index contributed by atoms with van der Waals surface area (Å²) in [7, 11) is 0. The lowest BCUT2D eigenvalue weighted by atomic mass is 10.1. The molecule has 20 heavy (non-hydrogen) atoms. The summed E-state index contributed by atoms with van der Waals surface area (Å²) >= 11 is 6.13. The number of carbonyl (C=O) groups is 1. The molecule has 0 unspecified atom stereocenters. The Morgan fingerprint density at radius 2 is 2.10 bits per heavy atom. The van der Waals surface area contributed by atoms with E-state index in [0.717, 1.165) is 11.3 Å². The third-order valence-electron chi connectivity index (χ3n) is 3.09. The van der Waals surface area contributed by atoms with Crippen LogP contribution in [0.5, 0.6) is 0 Å². The molecule has 5 heteroatoms. The summed E-state index contributed by atoms with van der Waals surface area (Å²) in [4.78, 5) is 15.4. The number of rotatable bonds is 3. The summed E-state index contributed by atoms with van der Waals surface area (Å²) in [6, 6.07) is 10.7. The first-order chi connectivity index (χ1) is 9.63. The van der Waals surface area contributed by atoms with Gasteiger partial charge in [0.05, 0.1) is 11.3 Å². The Morgan fingerprint density at radius 1 is 1.30 bits per heavy atom. The third-order valence-corrected chi connectivity index (χ3v) is 3.46. The normalized spacial score (nSPS) is 10.8. The first kappa shape index (κ1) is 12.7. The van der Waals surface area contributed by atoms with E-state index in [2.05, 4.69) is 4.98 Å². The molecule has 4 nitrogen and oxygen atoms in total.